The van der Waals surface area contributed by atoms with Gasteiger partial charge >= 0.3 is 0 Å². The highest BCUT2D eigenvalue weighted by Crippen LogP contribution is 2.34. The van der Waals surface area contributed by atoms with E-state index in [2.05, 4.69) is 45.5 Å². The number of rotatable bonds is 7. The Morgan fingerprint density at radius 3 is 2.47 bits per heavy atom. The first kappa shape index (κ1) is 22.9. The molecule has 5 nitrogen and oxygen atoms in total. The van der Waals surface area contributed by atoms with Crippen molar-refractivity contribution in [3.05, 3.63) is 72.1 Å². The van der Waals surface area contributed by atoms with Crippen molar-refractivity contribution in [2.45, 2.75) is 63.8 Å². The van der Waals surface area contributed by atoms with Gasteiger partial charge in [0.1, 0.15) is 5.65 Å². The maximum Gasteiger partial charge on any atom is 0.253 e. The predicted octanol–water partition coefficient (Wildman–Crippen LogP) is 5.95. The van der Waals surface area contributed by atoms with Crippen molar-refractivity contribution in [2.24, 2.45) is 0 Å². The fourth-order valence-corrected chi connectivity index (χ4v) is 5.56. The first-order valence-corrected chi connectivity index (χ1v) is 13.0. The summed E-state index contributed by atoms with van der Waals surface area (Å²) in [4.78, 5) is 20.2. The van der Waals surface area contributed by atoms with Gasteiger partial charge in [-0.1, -0.05) is 56.0 Å². The van der Waals surface area contributed by atoms with Crippen molar-refractivity contribution in [3.8, 4) is 11.3 Å². The van der Waals surface area contributed by atoms with Crippen molar-refractivity contribution < 1.29 is 4.79 Å². The molecule has 1 saturated heterocycles. The van der Waals surface area contributed by atoms with Gasteiger partial charge in [0.15, 0.2) is 0 Å². The molecular weight excluding hydrogens is 420 g/mol. The van der Waals surface area contributed by atoms with Crippen molar-refractivity contribution in [2.75, 3.05) is 19.6 Å². The highest BCUT2D eigenvalue weighted by molar-refractivity contribution is 5.94. The number of amides is 1. The lowest BCUT2D eigenvalue weighted by Gasteiger charge is -2.26. The number of nitrogens with zero attached hydrogens (tertiary/aromatic N) is 3. The average molecular weight is 457 g/mol. The van der Waals surface area contributed by atoms with Gasteiger partial charge in [0.2, 0.25) is 0 Å². The Labute approximate surface area is 202 Å². The van der Waals surface area contributed by atoms with Crippen LogP contribution in [0.15, 0.2) is 55.3 Å². The summed E-state index contributed by atoms with van der Waals surface area (Å²) >= 11 is 0. The Bertz CT molecular complexity index is 1130. The summed E-state index contributed by atoms with van der Waals surface area (Å²) in [6.45, 7) is 7.23. The summed E-state index contributed by atoms with van der Waals surface area (Å²) in [7, 11) is 0. The largest absolute Gasteiger partial charge is 0.349 e. The van der Waals surface area contributed by atoms with Crippen LogP contribution >= 0.6 is 0 Å². The van der Waals surface area contributed by atoms with Crippen LogP contribution < -0.4 is 5.32 Å². The van der Waals surface area contributed by atoms with E-state index in [-0.39, 0.29) is 5.91 Å². The van der Waals surface area contributed by atoms with Crippen LogP contribution in [0.1, 0.15) is 78.9 Å². The number of carbonyl (C=O) groups is 1. The lowest BCUT2D eigenvalue weighted by molar-refractivity contribution is 0.0957. The molecule has 2 aromatic heterocycles. The molecule has 0 bridgehead atoms. The molecule has 178 valence electrons. The summed E-state index contributed by atoms with van der Waals surface area (Å²) in [5, 5.41) is 2.89. The van der Waals surface area contributed by atoms with Gasteiger partial charge in [-0.3, -0.25) is 9.69 Å². The Balaban J connectivity index is 1.50. The molecule has 5 rings (SSSR count). The van der Waals surface area contributed by atoms with Crippen LogP contribution in [0, 0.1) is 0 Å². The SMILES string of the molecule is C=CCNC(=O)c1ccc2nc(-c3ccc(C4CCCCC4)cc3)c(CN3CCCCC3)n2c1. The molecule has 1 aliphatic heterocycles. The minimum absolute atomic E-state index is 0.0854. The quantitative estimate of drug-likeness (QED) is 0.447. The summed E-state index contributed by atoms with van der Waals surface area (Å²) < 4.78 is 2.13. The highest BCUT2D eigenvalue weighted by Gasteiger charge is 2.21. The molecular formula is C29H36N4O. The second-order valence-electron chi connectivity index (χ2n) is 9.85. The molecule has 34 heavy (non-hydrogen) atoms. The van der Waals surface area contributed by atoms with Crippen LogP contribution in [0.4, 0.5) is 0 Å². The minimum atomic E-state index is -0.0854. The number of imidazole rings is 1. The first-order chi connectivity index (χ1) is 16.7. The fraction of sp³-hybridized carbons (Fsp3) is 0.448. The van der Waals surface area contributed by atoms with E-state index in [9.17, 15) is 4.79 Å². The third kappa shape index (κ3) is 4.95. The molecule has 5 heteroatoms. The summed E-state index contributed by atoms with van der Waals surface area (Å²) in [5.41, 5.74) is 6.36. The van der Waals surface area contributed by atoms with Crippen LogP contribution in [-0.2, 0) is 6.54 Å². The van der Waals surface area contributed by atoms with E-state index < -0.39 is 0 Å². The zero-order valence-corrected chi connectivity index (χ0v) is 20.1. The second kappa shape index (κ2) is 10.6. The molecule has 0 unspecified atom stereocenters. The van der Waals surface area contributed by atoms with E-state index in [1.165, 1.54) is 62.6 Å². The molecule has 1 N–H and O–H groups in total. The number of hydrogen-bond donors (Lipinski definition) is 1. The number of piperidine rings is 1. The lowest BCUT2D eigenvalue weighted by atomic mass is 9.84. The van der Waals surface area contributed by atoms with Gasteiger partial charge < -0.3 is 9.72 Å². The second-order valence-corrected chi connectivity index (χ2v) is 9.85. The zero-order chi connectivity index (χ0) is 23.3. The molecule has 2 aliphatic rings. The van der Waals surface area contributed by atoms with Crippen molar-refractivity contribution in [3.63, 3.8) is 0 Å². The third-order valence-electron chi connectivity index (χ3n) is 7.47. The lowest BCUT2D eigenvalue weighted by Crippen LogP contribution is -2.30. The van der Waals surface area contributed by atoms with Gasteiger partial charge in [-0.15, -0.1) is 6.58 Å². The average Bonchev–Trinajstić information content (AvgIpc) is 3.26. The maximum atomic E-state index is 12.6. The fourth-order valence-electron chi connectivity index (χ4n) is 5.56. The van der Waals surface area contributed by atoms with Crippen LogP contribution in [0.2, 0.25) is 0 Å². The summed E-state index contributed by atoms with van der Waals surface area (Å²) in [6.07, 6.45) is 14.1. The molecule has 0 atom stereocenters. The Morgan fingerprint density at radius 2 is 1.74 bits per heavy atom. The van der Waals surface area contributed by atoms with E-state index in [1.807, 2.05) is 18.3 Å². The number of pyridine rings is 1. The molecule has 2 fully saturated rings. The van der Waals surface area contributed by atoms with E-state index >= 15 is 0 Å². The smallest absolute Gasteiger partial charge is 0.253 e. The molecule has 1 aromatic carbocycles. The van der Waals surface area contributed by atoms with E-state index in [4.69, 9.17) is 4.98 Å². The maximum absolute atomic E-state index is 12.6. The summed E-state index contributed by atoms with van der Waals surface area (Å²) in [5.74, 6) is 0.617. The molecule has 3 aromatic rings. The van der Waals surface area contributed by atoms with E-state index in [0.717, 1.165) is 36.5 Å². The Kier molecular flexibility index (Phi) is 7.10. The van der Waals surface area contributed by atoms with Gasteiger partial charge in [0.25, 0.3) is 5.91 Å². The molecule has 0 spiro atoms. The zero-order valence-electron chi connectivity index (χ0n) is 20.1. The molecule has 0 radical (unpaired) electrons. The van der Waals surface area contributed by atoms with Gasteiger partial charge in [0.05, 0.1) is 17.0 Å². The van der Waals surface area contributed by atoms with Crippen LogP contribution in [0.3, 0.4) is 0 Å². The molecule has 1 amide bonds. The van der Waals surface area contributed by atoms with Gasteiger partial charge in [-0.2, -0.15) is 0 Å². The third-order valence-corrected chi connectivity index (χ3v) is 7.47. The molecule has 1 aliphatic carbocycles. The van der Waals surface area contributed by atoms with Crippen LogP contribution in [0.25, 0.3) is 16.9 Å². The van der Waals surface area contributed by atoms with E-state index in [1.54, 1.807) is 6.08 Å². The highest BCUT2D eigenvalue weighted by atomic mass is 16.1. The number of aromatic nitrogens is 2. The molecule has 1 saturated carbocycles. The standard InChI is InChI=1S/C29H36N4O/c1-2-17-30-29(34)25-15-16-27-31-28(26(33(27)20-25)21-32-18-7-4-8-19-32)24-13-11-23(12-14-24)22-9-5-3-6-10-22/h2,11-16,20,22H,1,3-10,17-19,21H2,(H,30,34). The van der Waals surface area contributed by atoms with Gasteiger partial charge in [-0.25, -0.2) is 4.98 Å². The number of fused-ring (bicyclic) bond motifs is 1. The van der Waals surface area contributed by atoms with Crippen molar-refractivity contribution >= 4 is 11.6 Å². The van der Waals surface area contributed by atoms with Crippen molar-refractivity contribution in [1.29, 1.82) is 0 Å². The normalized spacial score (nSPS) is 17.6. The van der Waals surface area contributed by atoms with E-state index in [0.29, 0.717) is 18.0 Å². The van der Waals surface area contributed by atoms with Gasteiger partial charge in [-0.05, 0) is 62.4 Å². The Morgan fingerprint density at radius 1 is 1.00 bits per heavy atom. The molecule has 3 heterocycles. The van der Waals surface area contributed by atoms with Crippen LogP contribution in [-0.4, -0.2) is 39.8 Å². The van der Waals surface area contributed by atoms with Crippen LogP contribution in [0.5, 0.6) is 0 Å². The van der Waals surface area contributed by atoms with Gasteiger partial charge in [0, 0.05) is 24.8 Å². The topological polar surface area (TPSA) is 49.6 Å². The predicted molar refractivity (Wildman–Crippen MR) is 138 cm³/mol. The summed E-state index contributed by atoms with van der Waals surface area (Å²) in [6, 6.07) is 13.0. The number of carbonyl (C=O) groups excluding carboxylic acids is 1. The number of benzene rings is 1. The number of nitrogens with one attached hydrogen (secondary N) is 1. The first-order valence-electron chi connectivity index (χ1n) is 13.0. The number of likely N-dealkylation sites (tertiary alicyclic amines) is 1. The minimum Gasteiger partial charge on any atom is -0.349 e. The monoisotopic (exact) mass is 456 g/mol. The Hall–Kier alpha value is -2.92. The van der Waals surface area contributed by atoms with Crippen molar-refractivity contribution in [1.82, 2.24) is 19.6 Å². The number of hydrogen-bond acceptors (Lipinski definition) is 3.